The number of likely N-dealkylation sites (N-methyl/N-ethyl adjacent to an activating group) is 2. The van der Waals surface area contributed by atoms with Crippen LogP contribution < -0.4 is 45.9 Å². The fraction of sp³-hybridized carbons (Fsp3) is 1.00. The van der Waals surface area contributed by atoms with Crippen LogP contribution in [-0.2, 0) is 28.4 Å². The molecule has 4 fully saturated rings. The summed E-state index contributed by atoms with van der Waals surface area (Å²) in [5, 5.41) is 84.8. The van der Waals surface area contributed by atoms with E-state index in [1.54, 1.807) is 0 Å². The van der Waals surface area contributed by atoms with Crippen LogP contribution in [0.25, 0.3) is 0 Å². The Balaban J connectivity index is 1.18. The molecule has 24 heteroatoms. The SMILES string of the molecule is CN(CCCCN(C)CC(O)COC1C(O)C(N)CC(N)C1OC1OC(CN)C(O)C(O)C1N)CC(O)COC1C(O)C(N)CC(N)C1OC1OC(CN)C(O)C(O)C1N. The summed E-state index contributed by atoms with van der Waals surface area (Å²) in [6, 6.07) is -5.13. The molecular formula is C36H76N10O14. The number of unbranched alkanes of at least 4 members (excludes halogenated alkanes) is 1. The molecule has 22 unspecified atom stereocenters. The van der Waals surface area contributed by atoms with Crippen molar-refractivity contribution in [2.45, 2.75) is 160 Å². The summed E-state index contributed by atoms with van der Waals surface area (Å²) in [6.45, 7) is 1.21. The summed E-state index contributed by atoms with van der Waals surface area (Å²) < 4.78 is 35.5. The Kier molecular flexibility index (Phi) is 20.5. The zero-order valence-electron chi connectivity index (χ0n) is 34.7. The number of ether oxygens (including phenoxy) is 6. The summed E-state index contributed by atoms with van der Waals surface area (Å²) in [6.07, 6.45) is -16.1. The fourth-order valence-corrected chi connectivity index (χ4v) is 8.35. The van der Waals surface area contributed by atoms with E-state index in [4.69, 9.17) is 74.3 Å². The average Bonchev–Trinajstić information content (AvgIpc) is 3.20. The quantitative estimate of drug-likeness (QED) is 0.0476. The molecule has 4 rings (SSSR count). The fourth-order valence-electron chi connectivity index (χ4n) is 8.35. The second kappa shape index (κ2) is 23.8. The van der Waals surface area contributed by atoms with Crippen LogP contribution in [0, 0.1) is 0 Å². The van der Waals surface area contributed by atoms with Crippen LogP contribution >= 0.6 is 0 Å². The van der Waals surface area contributed by atoms with Gasteiger partial charge in [0, 0.05) is 50.3 Å². The van der Waals surface area contributed by atoms with Crippen LogP contribution in [0.3, 0.4) is 0 Å². The van der Waals surface area contributed by atoms with Gasteiger partial charge in [0.25, 0.3) is 0 Å². The topological polar surface area (TPSA) is 432 Å². The Hall–Kier alpha value is -0.960. The molecule has 2 saturated carbocycles. The molecular weight excluding hydrogens is 796 g/mol. The molecule has 22 atom stereocenters. The van der Waals surface area contributed by atoms with E-state index in [0.29, 0.717) is 13.1 Å². The molecule has 0 spiro atoms. The maximum atomic E-state index is 10.9. The average molecular weight is 873 g/mol. The molecule has 0 amide bonds. The number of rotatable bonds is 21. The number of nitrogens with zero attached hydrogens (tertiary/aromatic N) is 2. The second-order valence-corrected chi connectivity index (χ2v) is 17.1. The third-order valence-corrected chi connectivity index (χ3v) is 12.0. The van der Waals surface area contributed by atoms with E-state index in [1.807, 2.05) is 23.9 Å². The van der Waals surface area contributed by atoms with E-state index in [1.165, 1.54) is 0 Å². The molecule has 2 aliphatic heterocycles. The number of hydrogen-bond acceptors (Lipinski definition) is 24. The van der Waals surface area contributed by atoms with Gasteiger partial charge in [0.1, 0.15) is 61.0 Å². The summed E-state index contributed by atoms with van der Waals surface area (Å²) in [4.78, 5) is 3.86. The van der Waals surface area contributed by atoms with Gasteiger partial charge in [-0.2, -0.15) is 0 Å². The Morgan fingerprint density at radius 3 is 1.22 bits per heavy atom. The van der Waals surface area contributed by atoms with E-state index in [2.05, 4.69) is 0 Å². The Bertz CT molecular complexity index is 1160. The maximum Gasteiger partial charge on any atom is 0.176 e. The van der Waals surface area contributed by atoms with Crippen molar-refractivity contribution in [1.82, 2.24) is 9.80 Å². The lowest BCUT2D eigenvalue weighted by atomic mass is 9.84. The summed E-state index contributed by atoms with van der Waals surface area (Å²) in [5.74, 6) is 0. The van der Waals surface area contributed by atoms with Gasteiger partial charge < -0.3 is 125 Å². The number of aliphatic hydroxyl groups excluding tert-OH is 8. The molecule has 2 saturated heterocycles. The predicted molar refractivity (Wildman–Crippen MR) is 214 cm³/mol. The molecule has 0 aromatic heterocycles. The predicted octanol–water partition coefficient (Wildman–Crippen LogP) is -9.80. The van der Waals surface area contributed by atoms with E-state index in [-0.39, 0.29) is 52.2 Å². The number of hydrogen-bond donors (Lipinski definition) is 16. The lowest BCUT2D eigenvalue weighted by molar-refractivity contribution is -0.292. The first kappa shape index (κ1) is 51.7. The summed E-state index contributed by atoms with van der Waals surface area (Å²) in [7, 11) is 3.70. The van der Waals surface area contributed by atoms with Gasteiger partial charge in [0.15, 0.2) is 12.6 Å². The minimum atomic E-state index is -1.38. The van der Waals surface area contributed by atoms with Crippen molar-refractivity contribution in [2.75, 3.05) is 66.6 Å². The van der Waals surface area contributed by atoms with E-state index in [0.717, 1.165) is 12.8 Å². The normalized spacial score (nSPS) is 44.0. The van der Waals surface area contributed by atoms with Crippen LogP contribution in [0.15, 0.2) is 0 Å². The van der Waals surface area contributed by atoms with Crippen molar-refractivity contribution >= 4 is 0 Å². The van der Waals surface area contributed by atoms with Crippen molar-refractivity contribution in [3.8, 4) is 0 Å². The smallest absolute Gasteiger partial charge is 0.176 e. The van der Waals surface area contributed by atoms with Crippen molar-refractivity contribution in [1.29, 1.82) is 0 Å². The largest absolute Gasteiger partial charge is 0.389 e. The molecule has 0 aromatic carbocycles. The van der Waals surface area contributed by atoms with Crippen LogP contribution in [0.5, 0.6) is 0 Å². The van der Waals surface area contributed by atoms with Crippen molar-refractivity contribution in [3.63, 3.8) is 0 Å². The lowest BCUT2D eigenvalue weighted by Crippen LogP contribution is -2.68. The molecule has 0 radical (unpaired) electrons. The standard InChI is InChI=1S/C36H76N10O14/c1-45(11-15(47)13-55-33-25(49)17(39)7-19(41)31(33)59-35-23(43)29(53)27(51)21(9-37)57-35)5-3-4-6-46(2)12-16(48)14-56-34-26(50)18(40)8-20(42)32(34)60-36-24(44)30(54)28(52)22(10-38)58-36/h15-36,47-54H,3-14,37-44H2,1-2H3. The molecule has 24 N–H and O–H groups in total. The highest BCUT2D eigenvalue weighted by Gasteiger charge is 2.50. The van der Waals surface area contributed by atoms with E-state index in [9.17, 15) is 40.9 Å². The van der Waals surface area contributed by atoms with Gasteiger partial charge in [-0.15, -0.1) is 0 Å². The Labute approximate surface area is 351 Å². The second-order valence-electron chi connectivity index (χ2n) is 17.1. The third-order valence-electron chi connectivity index (χ3n) is 12.0. The molecule has 0 aromatic rings. The maximum absolute atomic E-state index is 10.9. The zero-order valence-corrected chi connectivity index (χ0v) is 34.7. The molecule has 0 bridgehead atoms. The summed E-state index contributed by atoms with van der Waals surface area (Å²) >= 11 is 0. The molecule has 4 aliphatic rings. The van der Waals surface area contributed by atoms with Gasteiger partial charge in [0.2, 0.25) is 0 Å². The monoisotopic (exact) mass is 873 g/mol. The highest BCUT2D eigenvalue weighted by atomic mass is 16.7. The highest BCUT2D eigenvalue weighted by Crippen LogP contribution is 2.30. The minimum absolute atomic E-state index is 0.103. The van der Waals surface area contributed by atoms with Gasteiger partial charge in [0.05, 0.1) is 49.7 Å². The van der Waals surface area contributed by atoms with Crippen molar-refractivity contribution in [2.24, 2.45) is 45.9 Å². The van der Waals surface area contributed by atoms with Crippen LogP contribution in [-0.4, -0.2) is 252 Å². The first-order valence-corrected chi connectivity index (χ1v) is 20.9. The van der Waals surface area contributed by atoms with Crippen LogP contribution in [0.4, 0.5) is 0 Å². The first-order valence-electron chi connectivity index (χ1n) is 20.9. The number of nitrogens with two attached hydrogens (primary N) is 8. The van der Waals surface area contributed by atoms with Crippen molar-refractivity contribution in [3.05, 3.63) is 0 Å². The van der Waals surface area contributed by atoms with E-state index >= 15 is 0 Å². The first-order chi connectivity index (χ1) is 28.3. The molecule has 354 valence electrons. The van der Waals surface area contributed by atoms with E-state index < -0.39 is 134 Å². The third kappa shape index (κ3) is 13.3. The Morgan fingerprint density at radius 2 is 0.883 bits per heavy atom. The molecule has 60 heavy (non-hydrogen) atoms. The van der Waals surface area contributed by atoms with Crippen LogP contribution in [0.1, 0.15) is 25.7 Å². The van der Waals surface area contributed by atoms with Gasteiger partial charge >= 0.3 is 0 Å². The summed E-state index contributed by atoms with van der Waals surface area (Å²) in [5.41, 5.74) is 48.5. The molecule has 2 aliphatic carbocycles. The zero-order chi connectivity index (χ0) is 44.6. The van der Waals surface area contributed by atoms with Gasteiger partial charge in [-0.3, -0.25) is 0 Å². The van der Waals surface area contributed by atoms with Gasteiger partial charge in [-0.25, -0.2) is 0 Å². The number of aliphatic hydroxyl groups is 8. The van der Waals surface area contributed by atoms with Crippen LogP contribution in [0.2, 0.25) is 0 Å². The molecule has 2 heterocycles. The van der Waals surface area contributed by atoms with Gasteiger partial charge in [-0.1, -0.05) is 0 Å². The lowest BCUT2D eigenvalue weighted by Gasteiger charge is -2.47. The van der Waals surface area contributed by atoms with Gasteiger partial charge in [-0.05, 0) is 52.9 Å². The molecule has 24 nitrogen and oxygen atoms in total. The minimum Gasteiger partial charge on any atom is -0.389 e. The van der Waals surface area contributed by atoms with Crippen molar-refractivity contribution < 1.29 is 69.3 Å². The highest BCUT2D eigenvalue weighted by molar-refractivity contribution is 5.02. The Morgan fingerprint density at radius 1 is 0.533 bits per heavy atom.